The molecule has 3 N–H and O–H groups in total. The summed E-state index contributed by atoms with van der Waals surface area (Å²) in [5, 5.41) is 16.9. The van der Waals surface area contributed by atoms with E-state index in [0.717, 1.165) is 56.9 Å². The first-order valence-electron chi connectivity index (χ1n) is 10.3. The van der Waals surface area contributed by atoms with Gasteiger partial charge in [-0.1, -0.05) is 12.1 Å². The van der Waals surface area contributed by atoms with Crippen LogP contribution in [0.1, 0.15) is 55.3 Å². The summed E-state index contributed by atoms with van der Waals surface area (Å²) in [6, 6.07) is 5.82. The molecule has 0 radical (unpaired) electrons. The summed E-state index contributed by atoms with van der Waals surface area (Å²) < 4.78 is 5.69. The third-order valence-corrected chi connectivity index (χ3v) is 5.65. The zero-order chi connectivity index (χ0) is 19.3. The normalized spacial score (nSPS) is 25.4. The Labute approximate surface area is 164 Å². The minimum Gasteiger partial charge on any atom is -0.393 e. The molecule has 1 aromatic carbocycles. The number of fused-ring (bicyclic) bond motifs is 1. The number of benzene rings is 1. The second-order valence-corrected chi connectivity index (χ2v) is 7.79. The van der Waals surface area contributed by atoms with Crippen molar-refractivity contribution in [2.24, 2.45) is 0 Å². The largest absolute Gasteiger partial charge is 0.393 e. The number of nitrogens with one attached hydrogen (secondary N) is 2. The molecule has 7 heteroatoms. The monoisotopic (exact) mass is 384 g/mol. The zero-order valence-electron chi connectivity index (χ0n) is 16.1. The fourth-order valence-electron chi connectivity index (χ4n) is 3.98. The number of aliphatic hydroxyl groups excluding tert-OH is 1. The molecule has 2 fully saturated rings. The Hall–Kier alpha value is -2.25. The van der Waals surface area contributed by atoms with Crippen LogP contribution in [0.4, 0.5) is 5.95 Å². The van der Waals surface area contributed by atoms with E-state index in [-0.39, 0.29) is 24.2 Å². The van der Waals surface area contributed by atoms with Gasteiger partial charge in [0.15, 0.2) is 0 Å². The lowest BCUT2D eigenvalue weighted by Gasteiger charge is -2.26. The number of nitrogens with zero attached hydrogens (tertiary/aromatic N) is 2. The molecule has 0 spiro atoms. The van der Waals surface area contributed by atoms with E-state index in [2.05, 4.69) is 20.6 Å². The third kappa shape index (κ3) is 4.59. The van der Waals surface area contributed by atoms with E-state index in [1.54, 1.807) is 12.3 Å². The summed E-state index contributed by atoms with van der Waals surface area (Å²) in [5.74, 6) is 0.398. The highest BCUT2D eigenvalue weighted by Crippen LogP contribution is 2.23. The van der Waals surface area contributed by atoms with Gasteiger partial charge in [0.25, 0.3) is 5.91 Å². The topological polar surface area (TPSA) is 96.4 Å². The van der Waals surface area contributed by atoms with Crippen molar-refractivity contribution in [2.75, 3.05) is 18.5 Å². The number of anilines is 1. The van der Waals surface area contributed by atoms with E-state index in [1.807, 2.05) is 12.1 Å². The van der Waals surface area contributed by atoms with E-state index < -0.39 is 0 Å². The van der Waals surface area contributed by atoms with Gasteiger partial charge < -0.3 is 20.5 Å². The molecule has 1 aromatic heterocycles. The molecule has 0 bridgehead atoms. The number of ether oxygens (including phenoxy) is 1. The van der Waals surface area contributed by atoms with E-state index in [4.69, 9.17) is 4.74 Å². The van der Waals surface area contributed by atoms with Gasteiger partial charge in [-0.2, -0.15) is 0 Å². The summed E-state index contributed by atoms with van der Waals surface area (Å²) in [4.78, 5) is 21.8. The molecule has 2 aliphatic rings. The second kappa shape index (κ2) is 8.84. The van der Waals surface area contributed by atoms with Gasteiger partial charge in [0, 0.05) is 30.8 Å². The van der Waals surface area contributed by atoms with Gasteiger partial charge in [0.1, 0.15) is 0 Å². The second-order valence-electron chi connectivity index (χ2n) is 7.79. The number of carbonyl (C=O) groups is 1. The van der Waals surface area contributed by atoms with Crippen LogP contribution >= 0.6 is 0 Å². The highest BCUT2D eigenvalue weighted by molar-refractivity contribution is 6.05. The highest BCUT2D eigenvalue weighted by Gasteiger charge is 2.21. The summed E-state index contributed by atoms with van der Waals surface area (Å²) in [7, 11) is 0. The average molecular weight is 384 g/mol. The van der Waals surface area contributed by atoms with Crippen LogP contribution in [0.15, 0.2) is 24.4 Å². The fraction of sp³-hybridized carbons (Fsp3) is 0.571. The van der Waals surface area contributed by atoms with Crippen LogP contribution in [0, 0.1) is 0 Å². The number of rotatable bonds is 5. The Morgan fingerprint density at radius 1 is 1.18 bits per heavy atom. The van der Waals surface area contributed by atoms with Crippen LogP contribution in [0.5, 0.6) is 0 Å². The molecule has 4 rings (SSSR count). The van der Waals surface area contributed by atoms with Crippen molar-refractivity contribution in [3.63, 3.8) is 0 Å². The zero-order valence-corrected chi connectivity index (χ0v) is 16.1. The van der Waals surface area contributed by atoms with Crippen LogP contribution < -0.4 is 10.6 Å². The Kier molecular flexibility index (Phi) is 6.02. The summed E-state index contributed by atoms with van der Waals surface area (Å²) >= 11 is 0. The van der Waals surface area contributed by atoms with Crippen LogP contribution in [-0.2, 0) is 4.74 Å². The van der Waals surface area contributed by atoms with Crippen LogP contribution in [0.3, 0.4) is 0 Å². The van der Waals surface area contributed by atoms with Gasteiger partial charge in [-0.25, -0.2) is 9.97 Å². The van der Waals surface area contributed by atoms with Crippen LogP contribution in [-0.4, -0.2) is 52.4 Å². The molecule has 1 saturated heterocycles. The number of para-hydroxylation sites is 1. The first-order chi connectivity index (χ1) is 13.7. The Morgan fingerprint density at radius 2 is 2.04 bits per heavy atom. The Balaban J connectivity index is 1.47. The van der Waals surface area contributed by atoms with Gasteiger partial charge in [-0.05, 0) is 51.0 Å². The lowest BCUT2D eigenvalue weighted by atomic mass is 9.93. The first-order valence-corrected chi connectivity index (χ1v) is 10.3. The number of aliphatic hydroxyl groups is 1. The summed E-state index contributed by atoms with van der Waals surface area (Å²) in [6.07, 6.45) is 8.27. The minimum absolute atomic E-state index is 0.0983. The van der Waals surface area contributed by atoms with E-state index in [1.165, 1.54) is 0 Å². The maximum absolute atomic E-state index is 12.8. The van der Waals surface area contributed by atoms with Gasteiger partial charge in [-0.15, -0.1) is 0 Å². The number of hydrogen-bond acceptors (Lipinski definition) is 6. The molecule has 1 unspecified atom stereocenters. The Bertz CT molecular complexity index is 814. The first kappa shape index (κ1) is 19.1. The molecule has 1 amide bonds. The molecular formula is C21H28N4O3. The molecule has 150 valence electrons. The fourth-order valence-corrected chi connectivity index (χ4v) is 3.98. The molecule has 28 heavy (non-hydrogen) atoms. The van der Waals surface area contributed by atoms with E-state index in [0.29, 0.717) is 23.6 Å². The van der Waals surface area contributed by atoms with Gasteiger partial charge in [0.2, 0.25) is 5.95 Å². The maximum Gasteiger partial charge on any atom is 0.253 e. The van der Waals surface area contributed by atoms with Crippen molar-refractivity contribution < 1.29 is 14.6 Å². The predicted octanol–water partition coefficient (Wildman–Crippen LogP) is 2.64. The summed E-state index contributed by atoms with van der Waals surface area (Å²) in [5.41, 5.74) is 1.20. The van der Waals surface area contributed by atoms with Crippen molar-refractivity contribution >= 4 is 22.8 Å². The predicted molar refractivity (Wildman–Crippen MR) is 107 cm³/mol. The number of aromatic nitrogens is 2. The van der Waals surface area contributed by atoms with Crippen molar-refractivity contribution in [3.05, 3.63) is 30.0 Å². The molecule has 1 atom stereocenters. The van der Waals surface area contributed by atoms with E-state index >= 15 is 0 Å². The summed E-state index contributed by atoms with van der Waals surface area (Å²) in [6.45, 7) is 1.30. The van der Waals surface area contributed by atoms with Gasteiger partial charge in [-0.3, -0.25) is 4.79 Å². The quantitative estimate of drug-likeness (QED) is 0.733. The van der Waals surface area contributed by atoms with Crippen molar-refractivity contribution in [1.82, 2.24) is 15.3 Å². The van der Waals surface area contributed by atoms with E-state index in [9.17, 15) is 9.90 Å². The molecule has 1 saturated carbocycles. The molecular weight excluding hydrogens is 356 g/mol. The average Bonchev–Trinajstić information content (AvgIpc) is 2.74. The maximum atomic E-state index is 12.8. The molecule has 2 aromatic rings. The van der Waals surface area contributed by atoms with Crippen LogP contribution in [0.25, 0.3) is 10.9 Å². The molecule has 2 heterocycles. The van der Waals surface area contributed by atoms with Crippen molar-refractivity contribution in [2.45, 2.75) is 63.2 Å². The molecule has 1 aliphatic heterocycles. The van der Waals surface area contributed by atoms with Gasteiger partial charge in [0.05, 0.1) is 23.3 Å². The SMILES string of the molecule is O=C(NCC1CCCCO1)c1cccc2cnc(NC3CCC(O)CC3)nc12. The number of amides is 1. The van der Waals surface area contributed by atoms with Crippen LogP contribution in [0.2, 0.25) is 0 Å². The smallest absolute Gasteiger partial charge is 0.253 e. The minimum atomic E-state index is -0.195. The lowest BCUT2D eigenvalue weighted by Crippen LogP contribution is -2.35. The standard InChI is InChI=1S/C21H28N4O3/c26-16-9-7-15(8-10-16)24-21-23-12-14-4-3-6-18(19(14)25-21)20(27)22-13-17-5-1-2-11-28-17/h3-4,6,12,15-17,26H,1-2,5,7-11,13H2,(H,22,27)(H,23,24,25). The molecule has 1 aliphatic carbocycles. The van der Waals surface area contributed by atoms with Crippen molar-refractivity contribution in [3.8, 4) is 0 Å². The highest BCUT2D eigenvalue weighted by atomic mass is 16.5. The molecule has 7 nitrogen and oxygen atoms in total. The van der Waals surface area contributed by atoms with Crippen molar-refractivity contribution in [1.29, 1.82) is 0 Å². The van der Waals surface area contributed by atoms with Gasteiger partial charge >= 0.3 is 0 Å². The number of hydrogen-bond donors (Lipinski definition) is 3. The Morgan fingerprint density at radius 3 is 2.82 bits per heavy atom. The lowest BCUT2D eigenvalue weighted by molar-refractivity contribution is 0.0169. The number of carbonyl (C=O) groups excluding carboxylic acids is 1. The third-order valence-electron chi connectivity index (χ3n) is 5.65.